The Bertz CT molecular complexity index is 580. The summed E-state index contributed by atoms with van der Waals surface area (Å²) in [6.07, 6.45) is 3.26. The summed E-state index contributed by atoms with van der Waals surface area (Å²) in [6, 6.07) is 0.273. The Kier molecular flexibility index (Phi) is 4.93. The van der Waals surface area contributed by atoms with Crippen LogP contribution in [0.15, 0.2) is 6.20 Å². The highest BCUT2D eigenvalue weighted by Gasteiger charge is 2.32. The molecule has 0 aliphatic carbocycles. The fraction of sp³-hybridized carbons (Fsp3) is 0.786. The molecule has 1 aromatic heterocycles. The molecule has 1 N–H and O–H groups in total. The summed E-state index contributed by atoms with van der Waals surface area (Å²) in [5.74, 6) is 1.56. The summed E-state index contributed by atoms with van der Waals surface area (Å²) in [5, 5.41) is 7.68. The number of methoxy groups -OCH3 is 1. The molecule has 7 heteroatoms. The van der Waals surface area contributed by atoms with Gasteiger partial charge in [-0.25, -0.2) is 8.42 Å². The van der Waals surface area contributed by atoms with Gasteiger partial charge in [0.25, 0.3) is 0 Å². The highest BCUT2D eigenvalue weighted by Crippen LogP contribution is 2.34. The lowest BCUT2D eigenvalue weighted by Crippen LogP contribution is -2.25. The lowest BCUT2D eigenvalue weighted by Gasteiger charge is -2.23. The summed E-state index contributed by atoms with van der Waals surface area (Å²) in [5.41, 5.74) is 0.999. The summed E-state index contributed by atoms with van der Waals surface area (Å²) in [6.45, 7) is 4.14. The maximum Gasteiger partial charge on any atom is 0.161 e. The van der Waals surface area contributed by atoms with Crippen LogP contribution in [0.1, 0.15) is 44.5 Å². The van der Waals surface area contributed by atoms with Gasteiger partial charge >= 0.3 is 0 Å². The summed E-state index contributed by atoms with van der Waals surface area (Å²) < 4.78 is 30.6. The topological polar surface area (TPSA) is 73.2 Å². The second-order valence-corrected chi connectivity index (χ2v) is 8.21. The van der Waals surface area contributed by atoms with Gasteiger partial charge in [-0.15, -0.1) is 0 Å². The van der Waals surface area contributed by atoms with Gasteiger partial charge in [0, 0.05) is 6.04 Å². The zero-order valence-corrected chi connectivity index (χ0v) is 14.0. The van der Waals surface area contributed by atoms with Crippen LogP contribution in [0.25, 0.3) is 0 Å². The van der Waals surface area contributed by atoms with Crippen LogP contribution >= 0.6 is 0 Å². The molecule has 120 valence electrons. The Balaban J connectivity index is 2.23. The Morgan fingerprint density at radius 3 is 2.71 bits per heavy atom. The van der Waals surface area contributed by atoms with Crippen molar-refractivity contribution < 1.29 is 13.2 Å². The third-order valence-corrected chi connectivity index (χ3v) is 5.92. The zero-order valence-electron chi connectivity index (χ0n) is 13.2. The second-order valence-electron chi connectivity index (χ2n) is 5.98. The molecule has 1 aliphatic rings. The minimum Gasteiger partial charge on any atom is -0.493 e. The molecule has 21 heavy (non-hydrogen) atoms. The molecule has 0 spiro atoms. The maximum atomic E-state index is 11.6. The van der Waals surface area contributed by atoms with Gasteiger partial charge in [-0.05, 0) is 39.7 Å². The smallest absolute Gasteiger partial charge is 0.161 e. The van der Waals surface area contributed by atoms with Crippen LogP contribution in [0.2, 0.25) is 0 Å². The molecule has 2 atom stereocenters. The maximum absolute atomic E-state index is 11.6. The molecular formula is C14H25N3O3S. The number of sulfone groups is 1. The molecule has 1 saturated heterocycles. The minimum atomic E-state index is -2.84. The molecule has 0 radical (unpaired) electrons. The summed E-state index contributed by atoms with van der Waals surface area (Å²) in [4.78, 5) is 0. The average molecular weight is 315 g/mol. The Morgan fingerprint density at radius 2 is 2.24 bits per heavy atom. The molecule has 0 amide bonds. The van der Waals surface area contributed by atoms with Crippen molar-refractivity contribution in [2.45, 2.75) is 38.8 Å². The molecule has 0 saturated carbocycles. The second kappa shape index (κ2) is 6.36. The lowest BCUT2D eigenvalue weighted by atomic mass is 9.97. The molecule has 0 bridgehead atoms. The Morgan fingerprint density at radius 1 is 1.52 bits per heavy atom. The van der Waals surface area contributed by atoms with Crippen LogP contribution in [-0.2, 0) is 9.84 Å². The van der Waals surface area contributed by atoms with Crippen molar-refractivity contribution >= 4 is 9.84 Å². The number of nitrogens with zero attached hydrogens (tertiary/aromatic N) is 2. The number of rotatable bonds is 6. The predicted octanol–water partition coefficient (Wildman–Crippen LogP) is 1.56. The van der Waals surface area contributed by atoms with Crippen molar-refractivity contribution in [2.24, 2.45) is 5.92 Å². The van der Waals surface area contributed by atoms with Crippen molar-refractivity contribution in [1.82, 2.24) is 15.1 Å². The van der Waals surface area contributed by atoms with E-state index in [0.29, 0.717) is 11.5 Å². The molecule has 1 fully saturated rings. The molecular weight excluding hydrogens is 290 g/mol. The number of hydrogen-bond donors (Lipinski definition) is 1. The summed E-state index contributed by atoms with van der Waals surface area (Å²) in [7, 11) is 0.689. The number of nitrogens with one attached hydrogen (secondary N) is 1. The molecule has 2 heterocycles. The van der Waals surface area contributed by atoms with Gasteiger partial charge in [-0.1, -0.05) is 0 Å². The zero-order chi connectivity index (χ0) is 15.6. The monoisotopic (exact) mass is 315 g/mol. The normalized spacial score (nSPS) is 22.6. The highest BCUT2D eigenvalue weighted by molar-refractivity contribution is 7.91. The molecule has 1 aliphatic heterocycles. The van der Waals surface area contributed by atoms with Gasteiger partial charge in [-0.2, -0.15) is 5.10 Å². The summed E-state index contributed by atoms with van der Waals surface area (Å²) >= 11 is 0. The van der Waals surface area contributed by atoms with E-state index in [1.807, 2.05) is 11.7 Å². The largest absolute Gasteiger partial charge is 0.493 e. The first-order chi connectivity index (χ1) is 9.88. The van der Waals surface area contributed by atoms with E-state index in [-0.39, 0.29) is 18.0 Å². The van der Waals surface area contributed by atoms with Crippen LogP contribution in [0.3, 0.4) is 0 Å². The van der Waals surface area contributed by atoms with Gasteiger partial charge in [-0.3, -0.25) is 4.68 Å². The van der Waals surface area contributed by atoms with E-state index in [2.05, 4.69) is 24.3 Å². The average Bonchev–Trinajstić information content (AvgIpc) is 2.98. The van der Waals surface area contributed by atoms with Gasteiger partial charge < -0.3 is 10.1 Å². The molecule has 2 unspecified atom stereocenters. The van der Waals surface area contributed by atoms with Crippen LogP contribution < -0.4 is 10.1 Å². The fourth-order valence-corrected chi connectivity index (χ4v) is 4.89. The van der Waals surface area contributed by atoms with Crippen LogP contribution in [0.4, 0.5) is 0 Å². The predicted molar refractivity (Wildman–Crippen MR) is 82.3 cm³/mol. The highest BCUT2D eigenvalue weighted by atomic mass is 32.2. The third kappa shape index (κ3) is 3.58. The van der Waals surface area contributed by atoms with E-state index in [9.17, 15) is 8.42 Å². The Hall–Kier alpha value is -1.08. The van der Waals surface area contributed by atoms with Crippen molar-refractivity contribution in [3.63, 3.8) is 0 Å². The fourth-order valence-electron chi connectivity index (χ4n) is 3.01. The van der Waals surface area contributed by atoms with Crippen LogP contribution in [-0.4, -0.2) is 43.9 Å². The van der Waals surface area contributed by atoms with Crippen molar-refractivity contribution in [3.8, 4) is 5.75 Å². The SMILES string of the molecule is CNC(CC1CCS(=O)(=O)C1)c1c(OC)cnn1C(C)C. The van der Waals surface area contributed by atoms with E-state index < -0.39 is 9.84 Å². The van der Waals surface area contributed by atoms with Crippen LogP contribution in [0, 0.1) is 5.92 Å². The van der Waals surface area contributed by atoms with E-state index in [0.717, 1.165) is 24.3 Å². The van der Waals surface area contributed by atoms with Crippen molar-refractivity contribution in [1.29, 1.82) is 0 Å². The third-order valence-electron chi connectivity index (χ3n) is 4.08. The van der Waals surface area contributed by atoms with Gasteiger partial charge in [0.05, 0.1) is 36.5 Å². The first kappa shape index (κ1) is 16.3. The van der Waals surface area contributed by atoms with Crippen molar-refractivity contribution in [3.05, 3.63) is 11.9 Å². The quantitative estimate of drug-likeness (QED) is 0.862. The van der Waals surface area contributed by atoms with E-state index in [1.54, 1.807) is 13.3 Å². The minimum absolute atomic E-state index is 0.0446. The van der Waals surface area contributed by atoms with E-state index in [4.69, 9.17) is 4.74 Å². The standard InChI is InChI=1S/C14H25N3O3S/c1-10(2)17-14(13(20-4)8-16-17)12(15-3)7-11-5-6-21(18,19)9-11/h8,10-12,15H,5-7,9H2,1-4H3. The number of aromatic nitrogens is 2. The molecule has 1 aromatic rings. The van der Waals surface area contributed by atoms with E-state index in [1.165, 1.54) is 0 Å². The number of ether oxygens (including phenoxy) is 1. The van der Waals surface area contributed by atoms with Gasteiger partial charge in [0.2, 0.25) is 0 Å². The van der Waals surface area contributed by atoms with Crippen LogP contribution in [0.5, 0.6) is 5.75 Å². The molecule has 0 aromatic carbocycles. The molecule has 2 rings (SSSR count). The molecule has 6 nitrogen and oxygen atoms in total. The first-order valence-corrected chi connectivity index (χ1v) is 9.19. The Labute approximate surface area is 126 Å². The first-order valence-electron chi connectivity index (χ1n) is 7.37. The number of hydrogen-bond acceptors (Lipinski definition) is 5. The van der Waals surface area contributed by atoms with Crippen molar-refractivity contribution in [2.75, 3.05) is 25.7 Å². The van der Waals surface area contributed by atoms with Gasteiger partial charge in [0.15, 0.2) is 15.6 Å². The van der Waals surface area contributed by atoms with E-state index >= 15 is 0 Å². The van der Waals surface area contributed by atoms with Gasteiger partial charge in [0.1, 0.15) is 0 Å². The lowest BCUT2D eigenvalue weighted by molar-refractivity contribution is 0.363.